The quantitative estimate of drug-likeness (QED) is 0.796. The average Bonchev–Trinajstić information content (AvgIpc) is 2.43. The maximum atomic E-state index is 12.7. The van der Waals surface area contributed by atoms with E-state index >= 15 is 0 Å². The zero-order chi connectivity index (χ0) is 14.9. The van der Waals surface area contributed by atoms with E-state index in [2.05, 4.69) is 9.72 Å². The van der Waals surface area contributed by atoms with Crippen molar-refractivity contribution in [2.75, 3.05) is 14.2 Å². The number of halogens is 3. The van der Waals surface area contributed by atoms with E-state index in [0.29, 0.717) is 0 Å². The van der Waals surface area contributed by atoms with Crippen LogP contribution in [0, 0.1) is 0 Å². The number of aromatic nitrogens is 1. The van der Waals surface area contributed by atoms with Gasteiger partial charge in [0.25, 0.3) is 0 Å². The molecule has 1 aromatic carbocycles. The molecule has 0 spiro atoms. The van der Waals surface area contributed by atoms with E-state index in [0.717, 1.165) is 12.1 Å². The minimum Gasteiger partial charge on any atom is -0.496 e. The number of esters is 1. The lowest BCUT2D eigenvalue weighted by atomic mass is 10.1. The van der Waals surface area contributed by atoms with Gasteiger partial charge < -0.3 is 9.47 Å². The molecule has 2 rings (SSSR count). The molecular formula is C13H10F3NO3. The van der Waals surface area contributed by atoms with Crippen LogP contribution < -0.4 is 4.74 Å². The third-order valence-electron chi connectivity index (χ3n) is 2.71. The van der Waals surface area contributed by atoms with Crippen molar-refractivity contribution in [2.45, 2.75) is 6.18 Å². The number of ether oxygens (including phenoxy) is 2. The molecule has 1 aromatic heterocycles. The first-order valence-corrected chi connectivity index (χ1v) is 5.51. The molecule has 20 heavy (non-hydrogen) atoms. The summed E-state index contributed by atoms with van der Waals surface area (Å²) >= 11 is 0. The van der Waals surface area contributed by atoms with E-state index in [1.807, 2.05) is 0 Å². The Kier molecular flexibility index (Phi) is 3.52. The predicted octanol–water partition coefficient (Wildman–Crippen LogP) is 3.05. The van der Waals surface area contributed by atoms with E-state index in [4.69, 9.17) is 4.74 Å². The smallest absolute Gasteiger partial charge is 0.416 e. The number of carbonyl (C=O) groups is 1. The first-order valence-electron chi connectivity index (χ1n) is 5.51. The summed E-state index contributed by atoms with van der Waals surface area (Å²) in [5, 5.41) is 0.176. The summed E-state index contributed by atoms with van der Waals surface area (Å²) in [7, 11) is 2.49. The SMILES string of the molecule is COC(=O)c1cc(OC)c2cc(C(F)(F)F)ccc2n1. The van der Waals surface area contributed by atoms with Crippen LogP contribution in [0.2, 0.25) is 0 Å². The number of fused-ring (bicyclic) bond motifs is 1. The molecule has 0 N–H and O–H groups in total. The molecule has 0 aliphatic heterocycles. The highest BCUT2D eigenvalue weighted by Gasteiger charge is 2.31. The zero-order valence-electron chi connectivity index (χ0n) is 10.6. The molecule has 0 bridgehead atoms. The molecule has 0 saturated heterocycles. The Bertz CT molecular complexity index is 668. The number of benzene rings is 1. The molecule has 0 radical (unpaired) electrons. The van der Waals surface area contributed by atoms with Gasteiger partial charge in [0.05, 0.1) is 25.3 Å². The fraction of sp³-hybridized carbons (Fsp3) is 0.231. The molecule has 0 unspecified atom stereocenters. The highest BCUT2D eigenvalue weighted by atomic mass is 19.4. The van der Waals surface area contributed by atoms with Gasteiger partial charge in [-0.25, -0.2) is 9.78 Å². The van der Waals surface area contributed by atoms with Gasteiger partial charge in [-0.3, -0.25) is 0 Å². The number of methoxy groups -OCH3 is 2. The largest absolute Gasteiger partial charge is 0.496 e. The molecule has 0 saturated carbocycles. The van der Waals surface area contributed by atoms with Crippen molar-refractivity contribution in [3.05, 3.63) is 35.5 Å². The van der Waals surface area contributed by atoms with E-state index < -0.39 is 17.7 Å². The number of nitrogens with zero attached hydrogens (tertiary/aromatic N) is 1. The van der Waals surface area contributed by atoms with Crippen molar-refractivity contribution in [3.8, 4) is 5.75 Å². The number of alkyl halides is 3. The number of hydrogen-bond acceptors (Lipinski definition) is 4. The highest BCUT2D eigenvalue weighted by Crippen LogP contribution is 2.34. The number of hydrogen-bond donors (Lipinski definition) is 0. The molecule has 0 aliphatic carbocycles. The summed E-state index contributed by atoms with van der Waals surface area (Å²) in [6.07, 6.45) is -4.46. The molecule has 0 fully saturated rings. The Balaban J connectivity index is 2.68. The van der Waals surface area contributed by atoms with E-state index in [1.54, 1.807) is 0 Å². The van der Waals surface area contributed by atoms with Crippen molar-refractivity contribution in [3.63, 3.8) is 0 Å². The molecule has 0 aliphatic rings. The highest BCUT2D eigenvalue weighted by molar-refractivity contribution is 5.94. The molecule has 1 heterocycles. The van der Waals surface area contributed by atoms with Gasteiger partial charge >= 0.3 is 12.1 Å². The summed E-state index contributed by atoms with van der Waals surface area (Å²) in [5.41, 5.74) is -0.620. The molecular weight excluding hydrogens is 275 g/mol. The minimum atomic E-state index is -4.46. The topological polar surface area (TPSA) is 48.4 Å². The van der Waals surface area contributed by atoms with Crippen LogP contribution in [0.25, 0.3) is 10.9 Å². The first-order chi connectivity index (χ1) is 9.36. The lowest BCUT2D eigenvalue weighted by Gasteiger charge is -2.11. The predicted molar refractivity (Wildman–Crippen MR) is 64.6 cm³/mol. The fourth-order valence-electron chi connectivity index (χ4n) is 1.75. The summed E-state index contributed by atoms with van der Waals surface area (Å²) in [6.45, 7) is 0. The van der Waals surface area contributed by atoms with Crippen molar-refractivity contribution in [1.29, 1.82) is 0 Å². The van der Waals surface area contributed by atoms with Crippen LogP contribution in [0.15, 0.2) is 24.3 Å². The number of rotatable bonds is 2. The standard InChI is InChI=1S/C13H10F3NO3/c1-19-11-6-10(12(18)20-2)17-9-4-3-7(5-8(9)11)13(14,15)16/h3-6H,1-2H3. The van der Waals surface area contributed by atoms with Crippen LogP contribution >= 0.6 is 0 Å². The molecule has 4 nitrogen and oxygen atoms in total. The van der Waals surface area contributed by atoms with Crippen molar-refractivity contribution < 1.29 is 27.4 Å². The second-order valence-corrected chi connectivity index (χ2v) is 3.93. The summed E-state index contributed by atoms with van der Waals surface area (Å²) in [6, 6.07) is 4.26. The van der Waals surface area contributed by atoms with Gasteiger partial charge in [0, 0.05) is 11.5 Å². The summed E-state index contributed by atoms with van der Waals surface area (Å²) < 4.78 is 47.6. The van der Waals surface area contributed by atoms with Gasteiger partial charge in [-0.15, -0.1) is 0 Å². The second kappa shape index (κ2) is 4.99. The lowest BCUT2D eigenvalue weighted by Crippen LogP contribution is -2.07. The molecule has 0 amide bonds. The summed E-state index contributed by atoms with van der Waals surface area (Å²) in [4.78, 5) is 15.4. The molecule has 7 heteroatoms. The second-order valence-electron chi connectivity index (χ2n) is 3.93. The van der Waals surface area contributed by atoms with Crippen molar-refractivity contribution in [2.24, 2.45) is 0 Å². The van der Waals surface area contributed by atoms with Crippen molar-refractivity contribution >= 4 is 16.9 Å². The van der Waals surface area contributed by atoms with Crippen LogP contribution in [0.4, 0.5) is 13.2 Å². The molecule has 106 valence electrons. The zero-order valence-corrected chi connectivity index (χ0v) is 10.6. The maximum Gasteiger partial charge on any atom is 0.416 e. The Morgan fingerprint density at radius 3 is 2.45 bits per heavy atom. The Hall–Kier alpha value is -2.31. The van der Waals surface area contributed by atoms with Crippen molar-refractivity contribution in [1.82, 2.24) is 4.98 Å². The number of carbonyl (C=O) groups excluding carboxylic acids is 1. The number of pyridine rings is 1. The van der Waals surface area contributed by atoms with Crippen LogP contribution in [0.5, 0.6) is 5.75 Å². The molecule has 2 aromatic rings. The minimum absolute atomic E-state index is 0.0309. The van der Waals surface area contributed by atoms with Crippen LogP contribution in [0.3, 0.4) is 0 Å². The average molecular weight is 285 g/mol. The summed E-state index contributed by atoms with van der Waals surface area (Å²) in [5.74, 6) is -0.563. The van der Waals surface area contributed by atoms with Gasteiger partial charge in [-0.1, -0.05) is 0 Å². The maximum absolute atomic E-state index is 12.7. The Morgan fingerprint density at radius 1 is 1.20 bits per heavy atom. The van der Waals surface area contributed by atoms with Gasteiger partial charge in [-0.05, 0) is 18.2 Å². The molecule has 0 atom stereocenters. The Labute approximate surface area is 112 Å². The van der Waals surface area contributed by atoms with Gasteiger partial charge in [0.2, 0.25) is 0 Å². The van der Waals surface area contributed by atoms with Crippen LogP contribution in [-0.4, -0.2) is 25.2 Å². The van der Waals surface area contributed by atoms with E-state index in [1.165, 1.54) is 26.4 Å². The van der Waals surface area contributed by atoms with Crippen LogP contribution in [-0.2, 0) is 10.9 Å². The van der Waals surface area contributed by atoms with Gasteiger partial charge in [0.15, 0.2) is 5.69 Å². The Morgan fingerprint density at radius 2 is 1.90 bits per heavy atom. The monoisotopic (exact) mass is 285 g/mol. The van der Waals surface area contributed by atoms with Gasteiger partial charge in [0.1, 0.15) is 5.75 Å². The van der Waals surface area contributed by atoms with Crippen LogP contribution in [0.1, 0.15) is 16.1 Å². The van der Waals surface area contributed by atoms with Gasteiger partial charge in [-0.2, -0.15) is 13.2 Å². The van der Waals surface area contributed by atoms with E-state index in [-0.39, 0.29) is 22.3 Å². The fourth-order valence-corrected chi connectivity index (χ4v) is 1.75. The third kappa shape index (κ3) is 2.52. The van der Waals surface area contributed by atoms with E-state index in [9.17, 15) is 18.0 Å². The third-order valence-corrected chi connectivity index (χ3v) is 2.71. The lowest BCUT2D eigenvalue weighted by molar-refractivity contribution is -0.137. The normalized spacial score (nSPS) is 11.4. The first kappa shape index (κ1) is 14.1.